The molecule has 2 aliphatic rings. The number of nitrogens with zero attached hydrogens (tertiary/aromatic N) is 1. The lowest BCUT2D eigenvalue weighted by molar-refractivity contribution is -0.134. The molecule has 0 bridgehead atoms. The first-order valence-electron chi connectivity index (χ1n) is 9.39. The number of fused-ring (bicyclic) bond motifs is 1. The minimum absolute atomic E-state index is 0.0711. The van der Waals surface area contributed by atoms with E-state index in [-0.39, 0.29) is 6.04 Å². The van der Waals surface area contributed by atoms with Crippen LogP contribution in [-0.4, -0.2) is 41.5 Å². The van der Waals surface area contributed by atoms with Crippen LogP contribution in [0.4, 0.5) is 0 Å². The van der Waals surface area contributed by atoms with Gasteiger partial charge in [-0.25, -0.2) is 0 Å². The second-order valence-electron chi connectivity index (χ2n) is 7.19. The van der Waals surface area contributed by atoms with Gasteiger partial charge in [-0.1, -0.05) is 25.1 Å². The zero-order chi connectivity index (χ0) is 16.5. The van der Waals surface area contributed by atoms with E-state index >= 15 is 0 Å². The molecule has 2 N–H and O–H groups in total. The van der Waals surface area contributed by atoms with Gasteiger partial charge in [0, 0.05) is 30.2 Å². The van der Waals surface area contributed by atoms with E-state index in [4.69, 9.17) is 0 Å². The van der Waals surface area contributed by atoms with E-state index in [1.807, 2.05) is 0 Å². The molecule has 2 aromatic rings. The average Bonchev–Trinajstić information content (AvgIpc) is 3.30. The van der Waals surface area contributed by atoms with E-state index in [9.17, 15) is 4.79 Å². The Morgan fingerprint density at radius 2 is 2.08 bits per heavy atom. The molecular weight excluding hydrogens is 298 g/mol. The van der Waals surface area contributed by atoms with Gasteiger partial charge >= 0.3 is 0 Å². The number of aromatic amines is 1. The second-order valence-corrected chi connectivity index (χ2v) is 7.19. The summed E-state index contributed by atoms with van der Waals surface area (Å²) in [6.07, 6.45) is 7.52. The molecule has 3 heterocycles. The van der Waals surface area contributed by atoms with E-state index in [2.05, 4.69) is 46.5 Å². The molecule has 1 amide bonds. The molecule has 1 aromatic carbocycles. The quantitative estimate of drug-likeness (QED) is 0.910. The summed E-state index contributed by atoms with van der Waals surface area (Å²) in [6, 6.07) is 6.68. The average molecular weight is 325 g/mol. The number of hydrogen-bond donors (Lipinski definition) is 2. The minimum Gasteiger partial charge on any atom is -0.361 e. The van der Waals surface area contributed by atoms with Crippen molar-refractivity contribution in [1.82, 2.24) is 15.2 Å². The van der Waals surface area contributed by atoms with Crippen LogP contribution in [0.15, 0.2) is 24.4 Å². The van der Waals surface area contributed by atoms with Crippen molar-refractivity contribution >= 4 is 16.8 Å². The number of hydrogen-bond acceptors (Lipinski definition) is 2. The maximum atomic E-state index is 12.5. The molecule has 4 rings (SSSR count). The van der Waals surface area contributed by atoms with Crippen LogP contribution in [0, 0.1) is 0 Å². The SMILES string of the molecule is CCc1cccc2c(C3CCN(C(=O)C4CCCN4)CC3)c[nH]c12. The molecule has 2 saturated heterocycles. The van der Waals surface area contributed by atoms with Gasteiger partial charge in [0.25, 0.3) is 0 Å². The number of para-hydroxylation sites is 1. The van der Waals surface area contributed by atoms with Gasteiger partial charge < -0.3 is 15.2 Å². The van der Waals surface area contributed by atoms with Crippen molar-refractivity contribution in [3.05, 3.63) is 35.5 Å². The van der Waals surface area contributed by atoms with E-state index < -0.39 is 0 Å². The fourth-order valence-corrected chi connectivity index (χ4v) is 4.40. The van der Waals surface area contributed by atoms with Gasteiger partial charge in [-0.2, -0.15) is 0 Å². The Kier molecular flexibility index (Phi) is 4.31. The highest BCUT2D eigenvalue weighted by molar-refractivity contribution is 5.86. The number of piperidine rings is 1. The van der Waals surface area contributed by atoms with Crippen molar-refractivity contribution < 1.29 is 4.79 Å². The van der Waals surface area contributed by atoms with Crippen molar-refractivity contribution in [2.45, 2.75) is 51.0 Å². The zero-order valence-electron chi connectivity index (χ0n) is 14.5. The predicted octanol–water partition coefficient (Wildman–Crippen LogP) is 3.19. The third-order valence-electron chi connectivity index (χ3n) is 5.82. The van der Waals surface area contributed by atoms with E-state index in [1.54, 1.807) is 0 Å². The fourth-order valence-electron chi connectivity index (χ4n) is 4.40. The largest absolute Gasteiger partial charge is 0.361 e. The van der Waals surface area contributed by atoms with Gasteiger partial charge in [0.05, 0.1) is 6.04 Å². The van der Waals surface area contributed by atoms with Gasteiger partial charge in [-0.3, -0.25) is 4.79 Å². The number of benzene rings is 1. The Morgan fingerprint density at radius 1 is 1.25 bits per heavy atom. The summed E-state index contributed by atoms with van der Waals surface area (Å²) in [7, 11) is 0. The molecule has 0 spiro atoms. The molecule has 0 saturated carbocycles. The van der Waals surface area contributed by atoms with Gasteiger partial charge in [-0.15, -0.1) is 0 Å². The molecular formula is C20H27N3O. The molecule has 1 unspecified atom stereocenters. The number of amides is 1. The van der Waals surface area contributed by atoms with Crippen LogP contribution in [-0.2, 0) is 11.2 Å². The number of H-pyrrole nitrogens is 1. The Balaban J connectivity index is 1.47. The Morgan fingerprint density at radius 3 is 2.79 bits per heavy atom. The molecule has 24 heavy (non-hydrogen) atoms. The number of aromatic nitrogens is 1. The molecule has 4 heteroatoms. The van der Waals surface area contributed by atoms with Crippen LogP contribution in [0.2, 0.25) is 0 Å². The van der Waals surface area contributed by atoms with Crippen LogP contribution in [0.5, 0.6) is 0 Å². The lowest BCUT2D eigenvalue weighted by Gasteiger charge is -2.33. The first kappa shape index (κ1) is 15.7. The van der Waals surface area contributed by atoms with Crippen molar-refractivity contribution in [2.24, 2.45) is 0 Å². The molecule has 4 nitrogen and oxygen atoms in total. The van der Waals surface area contributed by atoms with Gasteiger partial charge in [-0.05, 0) is 55.7 Å². The molecule has 1 aromatic heterocycles. The van der Waals surface area contributed by atoms with E-state index in [0.29, 0.717) is 11.8 Å². The third-order valence-corrected chi connectivity index (χ3v) is 5.82. The van der Waals surface area contributed by atoms with Gasteiger partial charge in [0.15, 0.2) is 0 Å². The number of aryl methyl sites for hydroxylation is 1. The lowest BCUT2D eigenvalue weighted by atomic mass is 9.88. The van der Waals surface area contributed by atoms with Crippen LogP contribution < -0.4 is 5.32 Å². The monoisotopic (exact) mass is 325 g/mol. The van der Waals surface area contributed by atoms with Crippen molar-refractivity contribution in [2.75, 3.05) is 19.6 Å². The van der Waals surface area contributed by atoms with Crippen molar-refractivity contribution in [1.29, 1.82) is 0 Å². The number of likely N-dealkylation sites (tertiary alicyclic amines) is 1. The van der Waals surface area contributed by atoms with Gasteiger partial charge in [0.1, 0.15) is 0 Å². The zero-order valence-corrected chi connectivity index (χ0v) is 14.5. The number of rotatable bonds is 3. The van der Waals surface area contributed by atoms with E-state index in [1.165, 1.54) is 22.0 Å². The molecule has 1 atom stereocenters. The molecule has 0 aliphatic carbocycles. The molecule has 2 fully saturated rings. The third kappa shape index (κ3) is 2.73. The highest BCUT2D eigenvalue weighted by Crippen LogP contribution is 2.34. The van der Waals surface area contributed by atoms with Crippen LogP contribution in [0.3, 0.4) is 0 Å². The summed E-state index contributed by atoms with van der Waals surface area (Å²) in [4.78, 5) is 18.1. The summed E-state index contributed by atoms with van der Waals surface area (Å²) >= 11 is 0. The first-order valence-corrected chi connectivity index (χ1v) is 9.39. The summed E-state index contributed by atoms with van der Waals surface area (Å²) in [5.41, 5.74) is 4.12. The summed E-state index contributed by atoms with van der Waals surface area (Å²) < 4.78 is 0. The highest BCUT2D eigenvalue weighted by atomic mass is 16.2. The summed E-state index contributed by atoms with van der Waals surface area (Å²) in [6.45, 7) is 4.97. The molecule has 0 radical (unpaired) electrons. The Bertz CT molecular complexity index is 722. The topological polar surface area (TPSA) is 48.1 Å². The number of carbonyl (C=O) groups excluding carboxylic acids is 1. The van der Waals surface area contributed by atoms with Crippen LogP contribution in [0.25, 0.3) is 10.9 Å². The van der Waals surface area contributed by atoms with E-state index in [0.717, 1.165) is 51.7 Å². The standard InChI is InChI=1S/C20H27N3O/c1-2-14-5-3-6-16-17(13-22-19(14)16)15-8-11-23(12-9-15)20(24)18-7-4-10-21-18/h3,5-6,13,15,18,21-22H,2,4,7-12H2,1H3. The lowest BCUT2D eigenvalue weighted by Crippen LogP contribution is -2.46. The number of carbonyl (C=O) groups is 1. The normalized spacial score (nSPS) is 22.4. The van der Waals surface area contributed by atoms with Crippen LogP contribution >= 0.6 is 0 Å². The van der Waals surface area contributed by atoms with Gasteiger partial charge in [0.2, 0.25) is 5.91 Å². The minimum atomic E-state index is 0.0711. The van der Waals surface area contributed by atoms with Crippen molar-refractivity contribution in [3.63, 3.8) is 0 Å². The highest BCUT2D eigenvalue weighted by Gasteiger charge is 2.30. The fraction of sp³-hybridized carbons (Fsp3) is 0.550. The maximum absolute atomic E-state index is 12.5. The Hall–Kier alpha value is -1.81. The first-order chi connectivity index (χ1) is 11.8. The maximum Gasteiger partial charge on any atom is 0.239 e. The predicted molar refractivity (Wildman–Crippen MR) is 97.3 cm³/mol. The smallest absolute Gasteiger partial charge is 0.239 e. The number of nitrogens with one attached hydrogen (secondary N) is 2. The molecule has 128 valence electrons. The second kappa shape index (κ2) is 6.60. The summed E-state index contributed by atoms with van der Waals surface area (Å²) in [5.74, 6) is 0.879. The summed E-state index contributed by atoms with van der Waals surface area (Å²) in [5, 5.41) is 4.70. The van der Waals surface area contributed by atoms with Crippen molar-refractivity contribution in [3.8, 4) is 0 Å². The Labute approximate surface area is 143 Å². The molecule has 2 aliphatic heterocycles. The van der Waals surface area contributed by atoms with Crippen LogP contribution in [0.1, 0.15) is 49.7 Å².